The molecule has 7 heteroatoms. The highest BCUT2D eigenvalue weighted by atomic mass is 35.5. The van der Waals surface area contributed by atoms with E-state index in [1.54, 1.807) is 34.4 Å². The van der Waals surface area contributed by atoms with E-state index in [0.29, 0.717) is 28.7 Å². The summed E-state index contributed by atoms with van der Waals surface area (Å²) in [6.45, 7) is 9.71. The predicted molar refractivity (Wildman–Crippen MR) is 149 cm³/mol. The zero-order valence-electron chi connectivity index (χ0n) is 21.2. The van der Waals surface area contributed by atoms with E-state index in [2.05, 4.69) is 56.5 Å². The maximum atomic E-state index is 13.8. The van der Waals surface area contributed by atoms with Crippen LogP contribution in [0, 0.1) is 0 Å². The van der Waals surface area contributed by atoms with Crippen molar-refractivity contribution in [3.05, 3.63) is 91.1 Å². The van der Waals surface area contributed by atoms with Gasteiger partial charge in [-0.3, -0.25) is 9.59 Å². The molecule has 0 saturated carbocycles. The van der Waals surface area contributed by atoms with Crippen LogP contribution in [0.4, 0.5) is 0 Å². The van der Waals surface area contributed by atoms with Crippen LogP contribution in [0.25, 0.3) is 0 Å². The first-order chi connectivity index (χ1) is 17.1. The fourth-order valence-electron chi connectivity index (χ4n) is 4.70. The summed E-state index contributed by atoms with van der Waals surface area (Å²) in [4.78, 5) is 32.0. The largest absolute Gasteiger partial charge is 0.330 e. The van der Waals surface area contributed by atoms with E-state index in [0.717, 1.165) is 18.4 Å². The van der Waals surface area contributed by atoms with Gasteiger partial charge in [0.2, 0.25) is 5.91 Å². The number of nitrogens with zero attached hydrogens (tertiary/aromatic N) is 2. The molecule has 0 aliphatic carbocycles. The number of thiophene rings is 1. The van der Waals surface area contributed by atoms with Crippen molar-refractivity contribution in [3.63, 3.8) is 0 Å². The Morgan fingerprint density at radius 2 is 1.78 bits per heavy atom. The highest BCUT2D eigenvalue weighted by Crippen LogP contribution is 2.38. The van der Waals surface area contributed by atoms with E-state index in [4.69, 9.17) is 23.2 Å². The number of amides is 2. The third-order valence-corrected chi connectivity index (χ3v) is 8.39. The van der Waals surface area contributed by atoms with Crippen LogP contribution in [0.1, 0.15) is 72.1 Å². The summed E-state index contributed by atoms with van der Waals surface area (Å²) < 4.78 is 0. The fourth-order valence-corrected chi connectivity index (χ4v) is 5.90. The molecule has 2 heterocycles. The lowest BCUT2D eigenvalue weighted by molar-refractivity contribution is -0.134. The first-order valence-corrected chi connectivity index (χ1v) is 13.9. The minimum absolute atomic E-state index is 0.0168. The van der Waals surface area contributed by atoms with Gasteiger partial charge in [0.1, 0.15) is 6.54 Å². The molecular formula is C29H32Cl2N2O2S. The molecule has 2 amide bonds. The number of benzene rings is 2. The molecule has 2 aromatic carbocycles. The van der Waals surface area contributed by atoms with Crippen LogP contribution in [0.3, 0.4) is 0 Å². The van der Waals surface area contributed by atoms with Gasteiger partial charge in [-0.2, -0.15) is 0 Å². The van der Waals surface area contributed by atoms with Crippen molar-refractivity contribution < 1.29 is 9.59 Å². The van der Waals surface area contributed by atoms with Crippen molar-refractivity contribution in [2.45, 2.75) is 52.0 Å². The Hall–Kier alpha value is -2.34. The van der Waals surface area contributed by atoms with E-state index in [1.807, 2.05) is 11.8 Å². The van der Waals surface area contributed by atoms with Gasteiger partial charge in [-0.05, 0) is 64.6 Å². The molecular weight excluding hydrogens is 511 g/mol. The molecule has 4 nitrogen and oxygen atoms in total. The Morgan fingerprint density at radius 3 is 2.42 bits per heavy atom. The minimum Gasteiger partial charge on any atom is -0.330 e. The van der Waals surface area contributed by atoms with Crippen molar-refractivity contribution in [1.29, 1.82) is 0 Å². The van der Waals surface area contributed by atoms with E-state index >= 15 is 0 Å². The zero-order valence-corrected chi connectivity index (χ0v) is 23.5. The lowest BCUT2D eigenvalue weighted by atomic mass is 9.85. The fraction of sp³-hybridized carbons (Fsp3) is 0.379. The summed E-state index contributed by atoms with van der Waals surface area (Å²) in [5.41, 5.74) is 4.01. The van der Waals surface area contributed by atoms with Crippen LogP contribution in [0.15, 0.2) is 53.9 Å². The Bertz CT molecular complexity index is 1250. The van der Waals surface area contributed by atoms with Crippen molar-refractivity contribution in [3.8, 4) is 0 Å². The summed E-state index contributed by atoms with van der Waals surface area (Å²) in [5, 5.41) is 2.82. The van der Waals surface area contributed by atoms with Crippen LogP contribution < -0.4 is 0 Å². The van der Waals surface area contributed by atoms with E-state index in [1.165, 1.54) is 16.0 Å². The number of hydrogen-bond acceptors (Lipinski definition) is 3. The maximum Gasteiger partial charge on any atom is 0.254 e. The molecule has 0 spiro atoms. The summed E-state index contributed by atoms with van der Waals surface area (Å²) in [5.74, 6) is -0.276. The topological polar surface area (TPSA) is 40.6 Å². The van der Waals surface area contributed by atoms with Gasteiger partial charge in [0.15, 0.2) is 0 Å². The van der Waals surface area contributed by atoms with Gasteiger partial charge < -0.3 is 9.80 Å². The van der Waals surface area contributed by atoms with Crippen LogP contribution in [-0.4, -0.2) is 41.2 Å². The van der Waals surface area contributed by atoms with Crippen LogP contribution >= 0.6 is 34.5 Å². The molecule has 1 unspecified atom stereocenters. The van der Waals surface area contributed by atoms with Crippen LogP contribution in [0.5, 0.6) is 0 Å². The normalized spacial score (nSPS) is 15.5. The lowest BCUT2D eigenvalue weighted by Crippen LogP contribution is -2.47. The molecule has 0 radical (unpaired) electrons. The van der Waals surface area contributed by atoms with Gasteiger partial charge in [0.05, 0.1) is 16.1 Å². The third-order valence-electron chi connectivity index (χ3n) is 6.65. The molecule has 1 aliphatic rings. The molecule has 3 aromatic rings. The summed E-state index contributed by atoms with van der Waals surface area (Å²) >= 11 is 13.9. The molecule has 0 bridgehead atoms. The Morgan fingerprint density at radius 1 is 1.06 bits per heavy atom. The molecule has 190 valence electrons. The summed E-state index contributed by atoms with van der Waals surface area (Å²) in [7, 11) is 0. The molecule has 4 rings (SSSR count). The number of fused-ring (bicyclic) bond motifs is 1. The number of halogens is 2. The standard InChI is InChI=1S/C29H32Cl2N2O2S/c1-5-14-32(28(35)20-8-11-23(30)24(31)17-20)18-26(34)33-15-12-25-22(13-16-36-25)27(33)19-6-9-21(10-7-19)29(2,3)4/h6-11,13,16-17,27H,5,12,14-15,18H2,1-4H3. The third kappa shape index (κ3) is 5.64. The van der Waals surface area contributed by atoms with Crippen LogP contribution in [0.2, 0.25) is 10.0 Å². The first-order valence-electron chi connectivity index (χ1n) is 12.3. The number of hydrogen-bond donors (Lipinski definition) is 0. The summed E-state index contributed by atoms with van der Waals surface area (Å²) in [6.07, 6.45) is 1.57. The lowest BCUT2D eigenvalue weighted by Gasteiger charge is -2.38. The second kappa shape index (κ2) is 11.0. The molecule has 1 aliphatic heterocycles. The van der Waals surface area contributed by atoms with Crippen molar-refractivity contribution in [2.75, 3.05) is 19.6 Å². The molecule has 0 saturated heterocycles. The Labute approximate surface area is 227 Å². The van der Waals surface area contributed by atoms with Gasteiger partial charge in [-0.15, -0.1) is 11.3 Å². The predicted octanol–water partition coefficient (Wildman–Crippen LogP) is 7.38. The van der Waals surface area contributed by atoms with Crippen molar-refractivity contribution >= 4 is 46.4 Å². The molecule has 36 heavy (non-hydrogen) atoms. The molecule has 1 aromatic heterocycles. The highest BCUT2D eigenvalue weighted by molar-refractivity contribution is 7.10. The van der Waals surface area contributed by atoms with E-state index in [-0.39, 0.29) is 29.8 Å². The molecule has 0 N–H and O–H groups in total. The number of carbonyl (C=O) groups excluding carboxylic acids is 2. The van der Waals surface area contributed by atoms with Gasteiger partial charge in [0.25, 0.3) is 5.91 Å². The Balaban J connectivity index is 1.62. The van der Waals surface area contributed by atoms with Gasteiger partial charge in [-0.25, -0.2) is 0 Å². The average Bonchev–Trinajstić information content (AvgIpc) is 3.33. The van der Waals surface area contributed by atoms with Crippen LogP contribution in [-0.2, 0) is 16.6 Å². The average molecular weight is 544 g/mol. The number of carbonyl (C=O) groups is 2. The zero-order chi connectivity index (χ0) is 26.0. The van der Waals surface area contributed by atoms with E-state index in [9.17, 15) is 9.59 Å². The smallest absolute Gasteiger partial charge is 0.254 e. The van der Waals surface area contributed by atoms with Crippen molar-refractivity contribution in [2.24, 2.45) is 0 Å². The second-order valence-electron chi connectivity index (χ2n) is 10.3. The maximum absolute atomic E-state index is 13.8. The second-order valence-corrected chi connectivity index (χ2v) is 12.1. The summed E-state index contributed by atoms with van der Waals surface area (Å²) in [6, 6.07) is 15.4. The quantitative estimate of drug-likeness (QED) is 0.326. The molecule has 1 atom stereocenters. The minimum atomic E-state index is -0.219. The van der Waals surface area contributed by atoms with Gasteiger partial charge in [-0.1, -0.05) is 75.2 Å². The molecule has 0 fully saturated rings. The van der Waals surface area contributed by atoms with Gasteiger partial charge >= 0.3 is 0 Å². The number of rotatable bonds is 6. The monoisotopic (exact) mass is 542 g/mol. The SMILES string of the molecule is CCCN(CC(=O)N1CCc2sccc2C1c1ccc(C(C)(C)C)cc1)C(=O)c1ccc(Cl)c(Cl)c1. The van der Waals surface area contributed by atoms with Crippen molar-refractivity contribution in [1.82, 2.24) is 9.80 Å². The van der Waals surface area contributed by atoms with E-state index < -0.39 is 0 Å². The Kier molecular flexibility index (Phi) is 8.13. The highest BCUT2D eigenvalue weighted by Gasteiger charge is 2.34. The first kappa shape index (κ1) is 26.7. The van der Waals surface area contributed by atoms with Gasteiger partial charge in [0, 0.05) is 23.5 Å².